The van der Waals surface area contributed by atoms with Crippen molar-refractivity contribution in [3.05, 3.63) is 22.7 Å². The summed E-state index contributed by atoms with van der Waals surface area (Å²) in [5.41, 5.74) is 6.40. The van der Waals surface area contributed by atoms with Crippen LogP contribution in [0.5, 0.6) is 5.75 Å². The van der Waals surface area contributed by atoms with Gasteiger partial charge in [0, 0.05) is 20.1 Å². The van der Waals surface area contributed by atoms with Gasteiger partial charge in [-0.05, 0) is 28.1 Å². The van der Waals surface area contributed by atoms with E-state index in [0.717, 1.165) is 10.9 Å². The van der Waals surface area contributed by atoms with Crippen LogP contribution in [-0.2, 0) is 4.74 Å². The van der Waals surface area contributed by atoms with Gasteiger partial charge in [0.05, 0.1) is 16.8 Å². The molecule has 1 aromatic carbocycles. The maximum atomic E-state index is 5.75. The number of hydrogen-bond acceptors (Lipinski definition) is 3. The summed E-state index contributed by atoms with van der Waals surface area (Å²) in [4.78, 5) is 0. The van der Waals surface area contributed by atoms with Crippen molar-refractivity contribution in [2.75, 3.05) is 26.1 Å². The first-order valence-electron chi connectivity index (χ1n) is 4.41. The summed E-state index contributed by atoms with van der Waals surface area (Å²) in [6.07, 6.45) is 0.858. The van der Waals surface area contributed by atoms with Crippen molar-refractivity contribution >= 4 is 21.6 Å². The number of ether oxygens (including phenoxy) is 2. The lowest BCUT2D eigenvalue weighted by Gasteiger charge is -2.09. The molecule has 1 aromatic rings. The monoisotopic (exact) mass is 259 g/mol. The summed E-state index contributed by atoms with van der Waals surface area (Å²) in [7, 11) is 1.67. The third-order valence-corrected chi connectivity index (χ3v) is 2.36. The summed E-state index contributed by atoms with van der Waals surface area (Å²) >= 11 is 3.38. The molecule has 78 valence electrons. The maximum Gasteiger partial charge on any atom is 0.156 e. The van der Waals surface area contributed by atoms with E-state index in [0.29, 0.717) is 24.7 Å². The second-order valence-corrected chi connectivity index (χ2v) is 3.71. The Morgan fingerprint density at radius 3 is 2.79 bits per heavy atom. The van der Waals surface area contributed by atoms with E-state index in [1.165, 1.54) is 0 Å². The highest BCUT2D eigenvalue weighted by atomic mass is 79.9. The third-order valence-electron chi connectivity index (χ3n) is 1.74. The van der Waals surface area contributed by atoms with Crippen molar-refractivity contribution in [1.29, 1.82) is 0 Å². The molecule has 0 aliphatic carbocycles. The van der Waals surface area contributed by atoms with Gasteiger partial charge in [0.15, 0.2) is 5.75 Å². The van der Waals surface area contributed by atoms with E-state index in [1.54, 1.807) is 7.11 Å². The number of anilines is 1. The molecule has 0 aliphatic heterocycles. The van der Waals surface area contributed by atoms with Crippen LogP contribution in [-0.4, -0.2) is 20.3 Å². The molecule has 0 fully saturated rings. The number of para-hydroxylation sites is 1. The number of halogens is 1. The minimum absolute atomic E-state index is 0.612. The minimum Gasteiger partial charge on any atom is -0.490 e. The molecule has 1 rings (SSSR count). The quantitative estimate of drug-likeness (QED) is 0.653. The van der Waals surface area contributed by atoms with Gasteiger partial charge in [-0.3, -0.25) is 0 Å². The highest BCUT2D eigenvalue weighted by Gasteiger charge is 2.04. The molecule has 2 N–H and O–H groups in total. The highest BCUT2D eigenvalue weighted by Crippen LogP contribution is 2.30. The fourth-order valence-electron chi connectivity index (χ4n) is 1.06. The van der Waals surface area contributed by atoms with Crippen LogP contribution in [0.2, 0.25) is 0 Å². The molecule has 0 heterocycles. The summed E-state index contributed by atoms with van der Waals surface area (Å²) in [6, 6.07) is 5.60. The lowest BCUT2D eigenvalue weighted by atomic mass is 10.3. The van der Waals surface area contributed by atoms with Crippen molar-refractivity contribution < 1.29 is 9.47 Å². The molecule has 0 radical (unpaired) electrons. The number of nitrogen functional groups attached to an aromatic ring is 1. The molecule has 0 bridgehead atoms. The van der Waals surface area contributed by atoms with Gasteiger partial charge in [-0.2, -0.15) is 0 Å². The van der Waals surface area contributed by atoms with Gasteiger partial charge in [0.1, 0.15) is 0 Å². The van der Waals surface area contributed by atoms with Crippen LogP contribution in [0.15, 0.2) is 22.7 Å². The predicted molar refractivity (Wildman–Crippen MR) is 60.5 cm³/mol. The average Bonchev–Trinajstić information content (AvgIpc) is 2.16. The van der Waals surface area contributed by atoms with E-state index >= 15 is 0 Å². The molecule has 14 heavy (non-hydrogen) atoms. The van der Waals surface area contributed by atoms with Crippen molar-refractivity contribution in [2.45, 2.75) is 6.42 Å². The lowest BCUT2D eigenvalue weighted by Crippen LogP contribution is -2.03. The second-order valence-electron chi connectivity index (χ2n) is 2.85. The average molecular weight is 260 g/mol. The van der Waals surface area contributed by atoms with Crippen LogP contribution >= 0.6 is 15.9 Å². The first-order chi connectivity index (χ1) is 6.75. The van der Waals surface area contributed by atoms with E-state index < -0.39 is 0 Å². The van der Waals surface area contributed by atoms with Crippen LogP contribution in [0.4, 0.5) is 5.69 Å². The Balaban J connectivity index is 2.49. The topological polar surface area (TPSA) is 44.5 Å². The van der Waals surface area contributed by atoms with E-state index in [1.807, 2.05) is 18.2 Å². The van der Waals surface area contributed by atoms with Gasteiger partial charge >= 0.3 is 0 Å². The second kappa shape index (κ2) is 5.88. The maximum absolute atomic E-state index is 5.75. The molecular formula is C10H14BrNO2. The molecule has 4 heteroatoms. The van der Waals surface area contributed by atoms with Crippen molar-refractivity contribution in [3.63, 3.8) is 0 Å². The summed E-state index contributed by atoms with van der Waals surface area (Å²) in [5, 5.41) is 0. The van der Waals surface area contributed by atoms with Crippen molar-refractivity contribution in [3.8, 4) is 5.75 Å². The van der Waals surface area contributed by atoms with Gasteiger partial charge in [-0.25, -0.2) is 0 Å². The number of rotatable bonds is 5. The molecule has 0 spiro atoms. The van der Waals surface area contributed by atoms with E-state index in [2.05, 4.69) is 15.9 Å². The number of benzene rings is 1. The van der Waals surface area contributed by atoms with Gasteiger partial charge < -0.3 is 15.2 Å². The van der Waals surface area contributed by atoms with Gasteiger partial charge in [-0.1, -0.05) is 6.07 Å². The molecule has 0 aromatic heterocycles. The Hall–Kier alpha value is -0.740. The van der Waals surface area contributed by atoms with Crippen LogP contribution in [0.1, 0.15) is 6.42 Å². The van der Waals surface area contributed by atoms with Crippen molar-refractivity contribution in [2.24, 2.45) is 0 Å². The molecule has 0 amide bonds. The predicted octanol–water partition coefficient (Wildman–Crippen LogP) is 2.45. The molecule has 0 aliphatic rings. The smallest absolute Gasteiger partial charge is 0.156 e. The lowest BCUT2D eigenvalue weighted by molar-refractivity contribution is 0.172. The van der Waals surface area contributed by atoms with Crippen LogP contribution in [0, 0.1) is 0 Å². The molecular weight excluding hydrogens is 246 g/mol. The number of methoxy groups -OCH3 is 1. The van der Waals surface area contributed by atoms with Crippen LogP contribution in [0.25, 0.3) is 0 Å². The molecule has 0 saturated heterocycles. The molecule has 0 saturated carbocycles. The fraction of sp³-hybridized carbons (Fsp3) is 0.400. The zero-order valence-electron chi connectivity index (χ0n) is 8.13. The fourth-order valence-corrected chi connectivity index (χ4v) is 1.55. The summed E-state index contributed by atoms with van der Waals surface area (Å²) in [5.74, 6) is 0.712. The minimum atomic E-state index is 0.612. The van der Waals surface area contributed by atoms with E-state index in [4.69, 9.17) is 15.2 Å². The van der Waals surface area contributed by atoms with E-state index in [-0.39, 0.29) is 0 Å². The Labute approximate surface area is 92.3 Å². The van der Waals surface area contributed by atoms with Crippen molar-refractivity contribution in [1.82, 2.24) is 0 Å². The Morgan fingerprint density at radius 2 is 2.14 bits per heavy atom. The SMILES string of the molecule is COCCCOc1c(N)cccc1Br. The Morgan fingerprint density at radius 1 is 1.36 bits per heavy atom. The largest absolute Gasteiger partial charge is 0.490 e. The van der Waals surface area contributed by atoms with Crippen LogP contribution < -0.4 is 10.5 Å². The number of hydrogen-bond donors (Lipinski definition) is 1. The first-order valence-corrected chi connectivity index (χ1v) is 5.20. The first kappa shape index (κ1) is 11.3. The van der Waals surface area contributed by atoms with Crippen LogP contribution in [0.3, 0.4) is 0 Å². The van der Waals surface area contributed by atoms with Gasteiger partial charge in [-0.15, -0.1) is 0 Å². The zero-order chi connectivity index (χ0) is 10.4. The van der Waals surface area contributed by atoms with Gasteiger partial charge in [0.2, 0.25) is 0 Å². The van der Waals surface area contributed by atoms with Gasteiger partial charge in [0.25, 0.3) is 0 Å². The normalized spacial score (nSPS) is 10.1. The highest BCUT2D eigenvalue weighted by molar-refractivity contribution is 9.10. The summed E-state index contributed by atoms with van der Waals surface area (Å²) < 4.78 is 11.3. The Kier molecular flexibility index (Phi) is 4.76. The molecule has 0 atom stereocenters. The van der Waals surface area contributed by atoms with E-state index in [9.17, 15) is 0 Å². The molecule has 3 nitrogen and oxygen atoms in total. The molecule has 0 unspecified atom stereocenters. The summed E-state index contributed by atoms with van der Waals surface area (Å²) in [6.45, 7) is 1.31. The number of nitrogens with two attached hydrogens (primary N) is 1. The Bertz CT molecular complexity index is 271. The third kappa shape index (κ3) is 3.20. The standard InChI is InChI=1S/C10H14BrNO2/c1-13-6-3-7-14-10-8(11)4-2-5-9(10)12/h2,4-5H,3,6-7,12H2,1H3. The zero-order valence-corrected chi connectivity index (χ0v) is 9.71.